The molecule has 1 unspecified atom stereocenters. The molecular formula is C21H30N6O. The largest absolute Gasteiger partial charge is 0.487 e. The number of aromatic nitrogens is 2. The van der Waals surface area contributed by atoms with E-state index in [1.165, 1.54) is 6.33 Å². The summed E-state index contributed by atoms with van der Waals surface area (Å²) in [5, 5.41) is 8.65. The Kier molecular flexibility index (Phi) is 5.84. The topological polar surface area (TPSA) is 114 Å². The average Bonchev–Trinajstić information content (AvgIpc) is 3.48. The van der Waals surface area contributed by atoms with Gasteiger partial charge in [-0.1, -0.05) is 13.8 Å². The summed E-state index contributed by atoms with van der Waals surface area (Å²) in [6.45, 7) is 4.88. The molecule has 3 rings (SSSR count). The maximum Gasteiger partial charge on any atom is 0.132 e. The molecule has 7 heteroatoms. The Morgan fingerprint density at radius 1 is 1.29 bits per heavy atom. The van der Waals surface area contributed by atoms with Crippen LogP contribution in [-0.2, 0) is 0 Å². The van der Waals surface area contributed by atoms with Crippen LogP contribution in [-0.4, -0.2) is 40.9 Å². The maximum absolute atomic E-state index is 8.65. The van der Waals surface area contributed by atoms with Gasteiger partial charge in [-0.3, -0.25) is 5.41 Å². The Labute approximate surface area is 166 Å². The van der Waals surface area contributed by atoms with E-state index in [1.807, 2.05) is 24.1 Å². The van der Waals surface area contributed by atoms with Gasteiger partial charge in [-0.2, -0.15) is 0 Å². The number of nitrogens with zero attached hydrogens (tertiary/aromatic N) is 3. The van der Waals surface area contributed by atoms with Crippen LogP contribution < -0.4 is 21.1 Å². The molecule has 150 valence electrons. The van der Waals surface area contributed by atoms with Gasteiger partial charge in [0.25, 0.3) is 0 Å². The van der Waals surface area contributed by atoms with Crippen LogP contribution >= 0.6 is 0 Å². The summed E-state index contributed by atoms with van der Waals surface area (Å²) >= 11 is 0. The predicted octanol–water partition coefficient (Wildman–Crippen LogP) is 2.97. The molecule has 1 aromatic carbocycles. The van der Waals surface area contributed by atoms with Crippen molar-refractivity contribution in [3.63, 3.8) is 0 Å². The number of rotatable bonds is 9. The van der Waals surface area contributed by atoms with E-state index in [9.17, 15) is 0 Å². The molecular weight excluding hydrogens is 352 g/mol. The monoisotopic (exact) mass is 382 g/mol. The van der Waals surface area contributed by atoms with Crippen LogP contribution in [0.3, 0.4) is 0 Å². The van der Waals surface area contributed by atoms with Gasteiger partial charge in [-0.25, -0.2) is 9.97 Å². The fourth-order valence-corrected chi connectivity index (χ4v) is 3.14. The summed E-state index contributed by atoms with van der Waals surface area (Å²) in [4.78, 5) is 10.6. The van der Waals surface area contributed by atoms with Crippen molar-refractivity contribution >= 4 is 17.2 Å². The highest BCUT2D eigenvalue weighted by Gasteiger charge is 2.43. The number of ether oxygens (including phenoxy) is 1. The van der Waals surface area contributed by atoms with Gasteiger partial charge in [-0.05, 0) is 43.9 Å². The lowest BCUT2D eigenvalue weighted by atomic mass is 10.0. The van der Waals surface area contributed by atoms with Crippen LogP contribution in [0.15, 0.2) is 30.6 Å². The molecule has 1 aliphatic carbocycles. The van der Waals surface area contributed by atoms with Crippen molar-refractivity contribution in [1.29, 1.82) is 5.41 Å². The quantitative estimate of drug-likeness (QED) is 0.454. The minimum Gasteiger partial charge on any atom is -0.487 e. The molecule has 0 radical (unpaired) electrons. The highest BCUT2D eigenvalue weighted by atomic mass is 16.5. The smallest absolute Gasteiger partial charge is 0.132 e. The number of anilines is 2. The molecule has 0 bridgehead atoms. The fourth-order valence-electron chi connectivity index (χ4n) is 3.14. The zero-order chi connectivity index (χ0) is 20.3. The van der Waals surface area contributed by atoms with E-state index in [2.05, 4.69) is 23.8 Å². The molecule has 0 amide bonds. The lowest BCUT2D eigenvalue weighted by molar-refractivity contribution is 0.174. The molecule has 1 atom stereocenters. The van der Waals surface area contributed by atoms with Crippen LogP contribution in [0.25, 0.3) is 0 Å². The third-order valence-electron chi connectivity index (χ3n) is 5.41. The summed E-state index contributed by atoms with van der Waals surface area (Å²) in [6.07, 6.45) is 5.48. The molecule has 28 heavy (non-hydrogen) atoms. The molecule has 2 aromatic rings. The highest BCUT2D eigenvalue weighted by Crippen LogP contribution is 2.43. The molecule has 1 heterocycles. The van der Waals surface area contributed by atoms with Crippen LogP contribution in [0.1, 0.15) is 50.8 Å². The summed E-state index contributed by atoms with van der Waals surface area (Å²) in [7, 11) is 1.94. The Morgan fingerprint density at radius 2 is 2.04 bits per heavy atom. The van der Waals surface area contributed by atoms with Gasteiger partial charge in [0.05, 0.1) is 11.4 Å². The van der Waals surface area contributed by atoms with Crippen LogP contribution in [0.4, 0.5) is 11.5 Å². The number of likely N-dealkylation sites (N-methyl/N-ethyl adjacent to an activating group) is 1. The van der Waals surface area contributed by atoms with Crippen molar-refractivity contribution in [2.75, 3.05) is 24.2 Å². The van der Waals surface area contributed by atoms with E-state index in [0.717, 1.165) is 37.3 Å². The first-order valence-corrected chi connectivity index (χ1v) is 9.84. The van der Waals surface area contributed by atoms with E-state index < -0.39 is 0 Å². The van der Waals surface area contributed by atoms with E-state index in [-0.39, 0.29) is 17.4 Å². The lowest BCUT2D eigenvalue weighted by Crippen LogP contribution is -2.35. The van der Waals surface area contributed by atoms with Crippen LogP contribution in [0, 0.1) is 5.41 Å². The second-order valence-electron chi connectivity index (χ2n) is 7.57. The first kappa shape index (κ1) is 20.1. The Balaban J connectivity index is 1.83. The Morgan fingerprint density at radius 3 is 2.68 bits per heavy atom. The van der Waals surface area contributed by atoms with Crippen LogP contribution in [0.2, 0.25) is 0 Å². The zero-order valence-corrected chi connectivity index (χ0v) is 16.9. The van der Waals surface area contributed by atoms with Crippen LogP contribution in [0.5, 0.6) is 5.75 Å². The molecule has 1 aromatic heterocycles. The van der Waals surface area contributed by atoms with Gasteiger partial charge >= 0.3 is 0 Å². The highest BCUT2D eigenvalue weighted by molar-refractivity contribution is 6.13. The fraction of sp³-hybridized carbons (Fsp3) is 0.476. The summed E-state index contributed by atoms with van der Waals surface area (Å²) < 4.78 is 6.15. The van der Waals surface area contributed by atoms with Gasteiger partial charge in [0.1, 0.15) is 23.5 Å². The van der Waals surface area contributed by atoms with E-state index in [4.69, 9.17) is 21.6 Å². The molecule has 0 spiro atoms. The third kappa shape index (κ3) is 4.42. The predicted molar refractivity (Wildman–Crippen MR) is 113 cm³/mol. The summed E-state index contributed by atoms with van der Waals surface area (Å²) in [5.41, 5.74) is 14.1. The second-order valence-corrected chi connectivity index (χ2v) is 7.57. The minimum atomic E-state index is -0.0432. The van der Waals surface area contributed by atoms with Crippen molar-refractivity contribution in [1.82, 2.24) is 9.97 Å². The maximum atomic E-state index is 8.65. The van der Waals surface area contributed by atoms with Crippen molar-refractivity contribution in [2.24, 2.45) is 5.73 Å². The van der Waals surface area contributed by atoms with Crippen molar-refractivity contribution in [3.05, 3.63) is 41.9 Å². The SMILES string of the molecule is CCC(N)CN(C)c1cc(C(=N)c2cc(OC3(CC)CC3)ccc2N)ncn1. The number of benzene rings is 1. The summed E-state index contributed by atoms with van der Waals surface area (Å²) in [5.74, 6) is 1.47. The standard InChI is InChI=1S/C21H30N6O/c1-4-14(22)12-27(3)19-11-18(25-13-26-19)20(24)16-10-15(6-7-17(16)23)28-21(5-2)8-9-21/h6-7,10-11,13-14,24H,4-5,8-9,12,22-23H2,1-3H3. The molecule has 0 aliphatic heterocycles. The van der Waals surface area contributed by atoms with E-state index >= 15 is 0 Å². The molecule has 1 fully saturated rings. The van der Waals surface area contributed by atoms with Crippen molar-refractivity contribution in [3.8, 4) is 5.75 Å². The first-order chi connectivity index (χ1) is 13.4. The molecule has 1 saturated carbocycles. The number of nitrogen functional groups attached to an aromatic ring is 1. The zero-order valence-electron chi connectivity index (χ0n) is 16.9. The number of hydrogen-bond donors (Lipinski definition) is 3. The number of nitrogens with one attached hydrogen (secondary N) is 1. The van der Waals surface area contributed by atoms with Gasteiger partial charge < -0.3 is 21.1 Å². The Hall–Kier alpha value is -2.67. The number of nitrogens with two attached hydrogens (primary N) is 2. The van der Waals surface area contributed by atoms with Crippen molar-refractivity contribution in [2.45, 2.75) is 51.2 Å². The van der Waals surface area contributed by atoms with E-state index in [0.29, 0.717) is 23.5 Å². The first-order valence-electron chi connectivity index (χ1n) is 9.84. The normalized spacial score (nSPS) is 15.7. The van der Waals surface area contributed by atoms with Crippen molar-refractivity contribution < 1.29 is 4.74 Å². The van der Waals surface area contributed by atoms with Gasteiger partial charge in [0, 0.05) is 37.0 Å². The van der Waals surface area contributed by atoms with Gasteiger partial charge in [0.15, 0.2) is 0 Å². The van der Waals surface area contributed by atoms with Gasteiger partial charge in [0.2, 0.25) is 0 Å². The summed E-state index contributed by atoms with van der Waals surface area (Å²) in [6, 6.07) is 7.37. The van der Waals surface area contributed by atoms with E-state index in [1.54, 1.807) is 12.1 Å². The minimum absolute atomic E-state index is 0.0432. The third-order valence-corrected chi connectivity index (χ3v) is 5.41. The lowest BCUT2D eigenvalue weighted by Gasteiger charge is -2.22. The number of hydrogen-bond acceptors (Lipinski definition) is 7. The molecule has 7 nitrogen and oxygen atoms in total. The van der Waals surface area contributed by atoms with Gasteiger partial charge in [-0.15, -0.1) is 0 Å². The molecule has 5 N–H and O–H groups in total. The average molecular weight is 383 g/mol. The molecule has 1 aliphatic rings. The molecule has 0 saturated heterocycles. The Bertz CT molecular complexity index is 849. The second kappa shape index (κ2) is 8.14.